The van der Waals surface area contributed by atoms with Gasteiger partial charge in [0, 0.05) is 29.3 Å². The predicted octanol–water partition coefficient (Wildman–Crippen LogP) is 4.87. The summed E-state index contributed by atoms with van der Waals surface area (Å²) >= 11 is 1.78. The molecular weight excluding hydrogens is 330 g/mol. The maximum absolute atomic E-state index is 12.6. The number of carbonyl (C=O) groups is 1. The first-order valence-corrected chi connectivity index (χ1v) is 10.0. The molecule has 2 aromatic rings. The standard InChI is InChI=1S/C21H25NO2S/c23-21(22-14-6-1-2-7-15-22)18-10-12-19(13-11-18)24-16-17-25-20-8-4-3-5-9-20/h3-5,8-13H,1-2,6-7,14-17H2. The van der Waals surface area contributed by atoms with Crippen LogP contribution in [0.4, 0.5) is 0 Å². The van der Waals surface area contributed by atoms with Crippen molar-refractivity contribution in [2.24, 2.45) is 0 Å². The third-order valence-corrected chi connectivity index (χ3v) is 5.33. The van der Waals surface area contributed by atoms with Gasteiger partial charge in [0.15, 0.2) is 0 Å². The number of hydrogen-bond donors (Lipinski definition) is 0. The molecule has 0 N–H and O–H groups in total. The van der Waals surface area contributed by atoms with Gasteiger partial charge in [0.2, 0.25) is 0 Å². The van der Waals surface area contributed by atoms with E-state index in [-0.39, 0.29) is 5.91 Å². The molecule has 1 aliphatic rings. The average Bonchev–Trinajstić information content (AvgIpc) is 2.95. The van der Waals surface area contributed by atoms with Crippen LogP contribution in [0.1, 0.15) is 36.0 Å². The predicted molar refractivity (Wildman–Crippen MR) is 103 cm³/mol. The molecule has 1 heterocycles. The van der Waals surface area contributed by atoms with Crippen LogP contribution in [0.3, 0.4) is 0 Å². The Balaban J connectivity index is 1.45. The zero-order valence-corrected chi connectivity index (χ0v) is 15.3. The number of benzene rings is 2. The first-order chi connectivity index (χ1) is 12.3. The second-order valence-corrected chi connectivity index (χ2v) is 7.41. The van der Waals surface area contributed by atoms with Gasteiger partial charge < -0.3 is 9.64 Å². The molecule has 1 aliphatic heterocycles. The molecular formula is C21H25NO2S. The number of likely N-dealkylation sites (tertiary alicyclic amines) is 1. The van der Waals surface area contributed by atoms with Crippen LogP contribution in [0.5, 0.6) is 5.75 Å². The molecule has 1 fully saturated rings. The second kappa shape index (κ2) is 9.52. The summed E-state index contributed by atoms with van der Waals surface area (Å²) in [6, 6.07) is 17.9. The van der Waals surface area contributed by atoms with Gasteiger partial charge in [-0.1, -0.05) is 31.0 Å². The lowest BCUT2D eigenvalue weighted by Gasteiger charge is -2.20. The summed E-state index contributed by atoms with van der Waals surface area (Å²) in [5.74, 6) is 1.87. The molecule has 2 aromatic carbocycles. The highest BCUT2D eigenvalue weighted by Crippen LogP contribution is 2.19. The molecule has 0 aliphatic carbocycles. The van der Waals surface area contributed by atoms with Crippen molar-refractivity contribution >= 4 is 17.7 Å². The average molecular weight is 356 g/mol. The third-order valence-electron chi connectivity index (χ3n) is 4.36. The highest BCUT2D eigenvalue weighted by molar-refractivity contribution is 7.99. The molecule has 3 rings (SSSR count). The highest BCUT2D eigenvalue weighted by atomic mass is 32.2. The van der Waals surface area contributed by atoms with Crippen molar-refractivity contribution in [2.75, 3.05) is 25.4 Å². The lowest BCUT2D eigenvalue weighted by atomic mass is 10.2. The van der Waals surface area contributed by atoms with Gasteiger partial charge in [-0.25, -0.2) is 0 Å². The highest BCUT2D eigenvalue weighted by Gasteiger charge is 2.17. The normalized spacial score (nSPS) is 14.8. The Morgan fingerprint density at radius 2 is 1.60 bits per heavy atom. The van der Waals surface area contributed by atoms with Crippen molar-refractivity contribution in [2.45, 2.75) is 30.6 Å². The van der Waals surface area contributed by atoms with Gasteiger partial charge in [0.1, 0.15) is 5.75 Å². The zero-order chi connectivity index (χ0) is 17.3. The third kappa shape index (κ3) is 5.53. The summed E-state index contributed by atoms with van der Waals surface area (Å²) in [4.78, 5) is 15.8. The Bertz CT molecular complexity index is 649. The fraction of sp³-hybridized carbons (Fsp3) is 0.381. The lowest BCUT2D eigenvalue weighted by Crippen LogP contribution is -2.31. The Kier molecular flexibility index (Phi) is 6.80. The summed E-state index contributed by atoms with van der Waals surface area (Å²) < 4.78 is 5.78. The van der Waals surface area contributed by atoms with Crippen LogP contribution in [0.2, 0.25) is 0 Å². The number of amides is 1. The number of hydrogen-bond acceptors (Lipinski definition) is 3. The van der Waals surface area contributed by atoms with Gasteiger partial charge in [-0.3, -0.25) is 4.79 Å². The molecule has 25 heavy (non-hydrogen) atoms. The van der Waals surface area contributed by atoms with E-state index in [9.17, 15) is 4.79 Å². The minimum atomic E-state index is 0.146. The molecule has 0 unspecified atom stereocenters. The summed E-state index contributed by atoms with van der Waals surface area (Å²) in [5.41, 5.74) is 0.757. The van der Waals surface area contributed by atoms with E-state index in [2.05, 4.69) is 12.1 Å². The van der Waals surface area contributed by atoms with Crippen molar-refractivity contribution in [3.8, 4) is 5.75 Å². The van der Waals surface area contributed by atoms with Crippen molar-refractivity contribution in [1.82, 2.24) is 4.90 Å². The quantitative estimate of drug-likeness (QED) is 0.547. The van der Waals surface area contributed by atoms with Gasteiger partial charge in [0.05, 0.1) is 6.61 Å². The van der Waals surface area contributed by atoms with E-state index >= 15 is 0 Å². The van der Waals surface area contributed by atoms with E-state index in [1.54, 1.807) is 11.8 Å². The number of ether oxygens (including phenoxy) is 1. The number of carbonyl (C=O) groups excluding carboxylic acids is 1. The van der Waals surface area contributed by atoms with Crippen molar-refractivity contribution in [1.29, 1.82) is 0 Å². The van der Waals surface area contributed by atoms with Crippen LogP contribution >= 0.6 is 11.8 Å². The first kappa shape index (κ1) is 17.9. The topological polar surface area (TPSA) is 29.5 Å². The van der Waals surface area contributed by atoms with Crippen molar-refractivity contribution in [3.63, 3.8) is 0 Å². The maximum Gasteiger partial charge on any atom is 0.253 e. The SMILES string of the molecule is O=C(c1ccc(OCCSc2ccccc2)cc1)N1CCCCCC1. The van der Waals surface area contributed by atoms with E-state index < -0.39 is 0 Å². The molecule has 1 saturated heterocycles. The van der Waals surface area contributed by atoms with E-state index in [4.69, 9.17) is 4.74 Å². The fourth-order valence-electron chi connectivity index (χ4n) is 2.99. The molecule has 0 spiro atoms. The van der Waals surface area contributed by atoms with Gasteiger partial charge in [-0.2, -0.15) is 0 Å². The molecule has 0 atom stereocenters. The molecule has 1 amide bonds. The van der Waals surface area contributed by atoms with Crippen LogP contribution < -0.4 is 4.74 Å². The Morgan fingerprint density at radius 1 is 0.920 bits per heavy atom. The summed E-state index contributed by atoms with van der Waals surface area (Å²) in [6.07, 6.45) is 4.70. The Labute approximate surface area is 154 Å². The molecule has 0 aromatic heterocycles. The Hall–Kier alpha value is -1.94. The molecule has 132 valence electrons. The fourth-order valence-corrected chi connectivity index (χ4v) is 3.74. The van der Waals surface area contributed by atoms with Crippen LogP contribution in [0.25, 0.3) is 0 Å². The van der Waals surface area contributed by atoms with E-state index in [1.165, 1.54) is 17.7 Å². The van der Waals surface area contributed by atoms with Gasteiger partial charge in [0.25, 0.3) is 5.91 Å². The van der Waals surface area contributed by atoms with E-state index in [0.717, 1.165) is 43.0 Å². The second-order valence-electron chi connectivity index (χ2n) is 6.24. The van der Waals surface area contributed by atoms with E-state index in [1.807, 2.05) is 47.4 Å². The minimum absolute atomic E-state index is 0.146. The van der Waals surface area contributed by atoms with Crippen LogP contribution in [0, 0.1) is 0 Å². The molecule has 0 saturated carbocycles. The summed E-state index contributed by atoms with van der Waals surface area (Å²) in [5, 5.41) is 0. The summed E-state index contributed by atoms with van der Waals surface area (Å²) in [7, 11) is 0. The van der Waals surface area contributed by atoms with E-state index in [0.29, 0.717) is 6.61 Å². The molecule has 0 radical (unpaired) electrons. The Morgan fingerprint density at radius 3 is 2.28 bits per heavy atom. The van der Waals surface area contributed by atoms with Gasteiger partial charge >= 0.3 is 0 Å². The van der Waals surface area contributed by atoms with Crippen LogP contribution in [-0.2, 0) is 0 Å². The summed E-state index contributed by atoms with van der Waals surface area (Å²) in [6.45, 7) is 2.42. The minimum Gasteiger partial charge on any atom is -0.493 e. The maximum atomic E-state index is 12.6. The number of nitrogens with zero attached hydrogens (tertiary/aromatic N) is 1. The monoisotopic (exact) mass is 355 g/mol. The lowest BCUT2D eigenvalue weighted by molar-refractivity contribution is 0.0761. The van der Waals surface area contributed by atoms with Crippen LogP contribution in [-0.4, -0.2) is 36.3 Å². The van der Waals surface area contributed by atoms with Crippen LogP contribution in [0.15, 0.2) is 59.5 Å². The smallest absolute Gasteiger partial charge is 0.253 e. The first-order valence-electron chi connectivity index (χ1n) is 9.03. The largest absolute Gasteiger partial charge is 0.493 e. The van der Waals surface area contributed by atoms with Crippen molar-refractivity contribution in [3.05, 3.63) is 60.2 Å². The molecule has 4 heteroatoms. The molecule has 3 nitrogen and oxygen atoms in total. The number of thioether (sulfide) groups is 1. The number of rotatable bonds is 6. The van der Waals surface area contributed by atoms with Gasteiger partial charge in [-0.05, 0) is 49.2 Å². The zero-order valence-electron chi connectivity index (χ0n) is 14.5. The molecule has 0 bridgehead atoms. The van der Waals surface area contributed by atoms with Gasteiger partial charge in [-0.15, -0.1) is 11.8 Å². The van der Waals surface area contributed by atoms with Crippen molar-refractivity contribution < 1.29 is 9.53 Å².